The van der Waals surface area contributed by atoms with Crippen molar-refractivity contribution in [2.45, 2.75) is 91.9 Å². The maximum Gasteiger partial charge on any atom is 4.00 e. The molecule has 4 aromatic carbocycles. The van der Waals surface area contributed by atoms with E-state index in [0.717, 1.165) is 0 Å². The minimum atomic E-state index is 0. The molecule has 0 heterocycles. The summed E-state index contributed by atoms with van der Waals surface area (Å²) in [5, 5.41) is 8.97. The van der Waals surface area contributed by atoms with Gasteiger partial charge in [0.15, 0.2) is 0 Å². The van der Waals surface area contributed by atoms with Crippen molar-refractivity contribution in [3.63, 3.8) is 0 Å². The van der Waals surface area contributed by atoms with Crippen LogP contribution in [0.5, 0.6) is 0 Å². The summed E-state index contributed by atoms with van der Waals surface area (Å²) >= 11 is 0. The fourth-order valence-corrected chi connectivity index (χ4v) is 10.4. The van der Waals surface area contributed by atoms with E-state index in [1.165, 1.54) is 110 Å². The molecule has 0 fully saturated rings. The second kappa shape index (κ2) is 24.3. The summed E-state index contributed by atoms with van der Waals surface area (Å²) in [7, 11) is 0.161. The van der Waals surface area contributed by atoms with Gasteiger partial charge in [-0.15, -0.1) is 80.7 Å². The van der Waals surface area contributed by atoms with Gasteiger partial charge >= 0.3 is 25.8 Å². The molecular weight excluding hydrogens is 744 g/mol. The number of hydrogen-bond acceptors (Lipinski definition) is 0. The quantitative estimate of drug-likeness (QED) is 0.0625. The van der Waals surface area contributed by atoms with Gasteiger partial charge in [-0.25, -0.2) is 0 Å². The fourth-order valence-electron chi connectivity index (χ4n) is 5.37. The van der Waals surface area contributed by atoms with Gasteiger partial charge in [0.1, 0.15) is 0 Å². The van der Waals surface area contributed by atoms with E-state index in [2.05, 4.69) is 100 Å². The van der Waals surface area contributed by atoms with Gasteiger partial charge in [0, 0.05) is 0 Å². The molecule has 0 N–H and O–H groups in total. The third-order valence-electron chi connectivity index (χ3n) is 7.49. The van der Waals surface area contributed by atoms with Crippen molar-refractivity contribution in [2.24, 2.45) is 0 Å². The summed E-state index contributed by atoms with van der Waals surface area (Å²) in [6.07, 6.45) is 19.5. The topological polar surface area (TPSA) is 0 Å². The minimum Gasteiger partial charge on any atom is -1.00 e. The Kier molecular flexibility index (Phi) is 24.3. The Bertz CT molecular complexity index is 1080. The number of benzene rings is 2. The fraction of sp³-hybridized carbons (Fsp3) is 0.500. The van der Waals surface area contributed by atoms with Gasteiger partial charge in [0.05, 0.1) is 0 Å². The van der Waals surface area contributed by atoms with E-state index in [4.69, 9.17) is 0 Å². The molecular formula is C36H52Cl2HfP2. The molecule has 0 nitrogen and oxygen atoms in total. The number of unbranched alkanes of at least 4 members (excludes halogenated alkanes) is 6. The van der Waals surface area contributed by atoms with Crippen molar-refractivity contribution in [3.8, 4) is 0 Å². The van der Waals surface area contributed by atoms with E-state index in [1.807, 2.05) is 0 Å². The molecule has 0 amide bonds. The van der Waals surface area contributed by atoms with Gasteiger partial charge in [-0.2, -0.15) is 12.1 Å². The first-order chi connectivity index (χ1) is 18.7. The molecule has 41 heavy (non-hydrogen) atoms. The Morgan fingerprint density at radius 3 is 1.24 bits per heavy atom. The maximum atomic E-state index is 2.47. The molecule has 0 aliphatic carbocycles. The standard InChI is InChI=1S/C21H32P.C15H20P.2ClH.Hf/c1-3-5-7-11-15-22(16-12-8-6-4-2)21-17-19-13-9-10-14-20(19)18-21;1-3-9-16(10-4-2)15-11-13-7-5-6-8-14(13)12-15;;;/h9-10,13-14,17-18H,3-8,11-12,15-16H2,1-2H3;5-8,11-12H,3-4,9-10H2,1-2H3;2*1H;/q2*-1;;;+4/p-2. The van der Waals surface area contributed by atoms with Crippen LogP contribution in [0, 0.1) is 0 Å². The first-order valence-electron chi connectivity index (χ1n) is 15.5. The van der Waals surface area contributed by atoms with Gasteiger partial charge in [0.25, 0.3) is 0 Å². The van der Waals surface area contributed by atoms with Crippen LogP contribution in [0.25, 0.3) is 21.5 Å². The molecule has 0 saturated heterocycles. The molecule has 5 heteroatoms. The van der Waals surface area contributed by atoms with Gasteiger partial charge in [-0.3, -0.25) is 0 Å². The Morgan fingerprint density at radius 1 is 0.488 bits per heavy atom. The zero-order chi connectivity index (χ0) is 27.0. The van der Waals surface area contributed by atoms with Crippen LogP contribution in [0.3, 0.4) is 0 Å². The second-order valence-electron chi connectivity index (χ2n) is 10.8. The van der Waals surface area contributed by atoms with E-state index >= 15 is 0 Å². The molecule has 0 atom stereocenters. The van der Waals surface area contributed by atoms with E-state index in [-0.39, 0.29) is 66.5 Å². The molecule has 224 valence electrons. The van der Waals surface area contributed by atoms with Crippen LogP contribution in [-0.2, 0) is 25.8 Å². The van der Waals surface area contributed by atoms with Crippen LogP contribution < -0.4 is 35.4 Å². The van der Waals surface area contributed by atoms with Crippen LogP contribution in [0.2, 0.25) is 0 Å². The van der Waals surface area contributed by atoms with Gasteiger partial charge < -0.3 is 24.8 Å². The minimum absolute atomic E-state index is 0. The molecule has 4 rings (SSSR count). The first-order valence-corrected chi connectivity index (χ1v) is 18.9. The molecule has 0 aliphatic rings. The average Bonchev–Trinajstić information content (AvgIpc) is 3.57. The number of fused-ring (bicyclic) bond motifs is 2. The van der Waals surface area contributed by atoms with Crippen molar-refractivity contribution in [1.29, 1.82) is 0 Å². The number of rotatable bonds is 16. The molecule has 0 saturated carbocycles. The summed E-state index contributed by atoms with van der Waals surface area (Å²) < 4.78 is 0. The Hall–Kier alpha value is -0.0299. The largest absolute Gasteiger partial charge is 4.00 e. The smallest absolute Gasteiger partial charge is 1.00 e. The molecule has 4 aromatic rings. The SMILES string of the molecule is CCCCCCP(CCCCCC)c1cc2ccccc2[cH-]1.CCCP(CCC)c1cc2ccccc2[cH-]1.[Cl-].[Cl-].[Hf+4]. The monoisotopic (exact) mass is 796 g/mol. The zero-order valence-corrected chi connectivity index (χ0v) is 32.9. The predicted molar refractivity (Wildman–Crippen MR) is 181 cm³/mol. The summed E-state index contributed by atoms with van der Waals surface area (Å²) in [5.74, 6) is 0. The van der Waals surface area contributed by atoms with E-state index in [9.17, 15) is 0 Å². The third-order valence-corrected chi connectivity index (χ3v) is 13.1. The molecule has 0 spiro atoms. The maximum absolute atomic E-state index is 2.47. The van der Waals surface area contributed by atoms with Gasteiger partial charge in [0.2, 0.25) is 0 Å². The van der Waals surface area contributed by atoms with Crippen LogP contribution in [0.15, 0.2) is 72.8 Å². The number of halogens is 2. The average molecular weight is 796 g/mol. The normalized spacial score (nSPS) is 10.7. The van der Waals surface area contributed by atoms with Gasteiger partial charge in [-0.05, 0) is 37.5 Å². The Balaban J connectivity index is 0.000000756. The predicted octanol–water partition coefficient (Wildman–Crippen LogP) is 5.32. The van der Waals surface area contributed by atoms with E-state index < -0.39 is 0 Å². The van der Waals surface area contributed by atoms with Crippen molar-refractivity contribution >= 4 is 48.0 Å². The summed E-state index contributed by atoms with van der Waals surface area (Å²) in [6.45, 7) is 9.20. The Labute approximate surface area is 286 Å². The van der Waals surface area contributed by atoms with E-state index in [0.29, 0.717) is 0 Å². The summed E-state index contributed by atoms with van der Waals surface area (Å²) in [6, 6.07) is 27.3. The van der Waals surface area contributed by atoms with Crippen LogP contribution in [-0.4, -0.2) is 24.6 Å². The van der Waals surface area contributed by atoms with Crippen molar-refractivity contribution in [3.05, 3.63) is 72.8 Å². The van der Waals surface area contributed by atoms with Crippen LogP contribution in [0.4, 0.5) is 0 Å². The molecule has 0 unspecified atom stereocenters. The Morgan fingerprint density at radius 2 is 0.878 bits per heavy atom. The molecule has 0 aliphatic heterocycles. The second-order valence-corrected chi connectivity index (χ2v) is 15.8. The first kappa shape index (κ1) is 41.0. The third kappa shape index (κ3) is 14.1. The van der Waals surface area contributed by atoms with Gasteiger partial charge in [-0.1, -0.05) is 107 Å². The van der Waals surface area contributed by atoms with Crippen molar-refractivity contribution in [1.82, 2.24) is 0 Å². The van der Waals surface area contributed by atoms with Crippen LogP contribution >= 0.6 is 15.8 Å². The van der Waals surface area contributed by atoms with Crippen molar-refractivity contribution < 1.29 is 50.7 Å². The summed E-state index contributed by atoms with van der Waals surface area (Å²) in [4.78, 5) is 0. The summed E-state index contributed by atoms with van der Waals surface area (Å²) in [5.41, 5.74) is 0. The number of hydrogen-bond donors (Lipinski definition) is 0. The van der Waals surface area contributed by atoms with Crippen LogP contribution in [0.1, 0.15) is 91.9 Å². The molecule has 0 radical (unpaired) electrons. The molecule has 0 aromatic heterocycles. The zero-order valence-electron chi connectivity index (χ0n) is 26.0. The van der Waals surface area contributed by atoms with Crippen molar-refractivity contribution in [2.75, 3.05) is 24.6 Å². The molecule has 0 bridgehead atoms. The van der Waals surface area contributed by atoms with E-state index in [1.54, 1.807) is 10.6 Å².